The number of methoxy groups -OCH3 is 1. The van der Waals surface area contributed by atoms with E-state index in [4.69, 9.17) is 10.5 Å². The molecule has 128 valence electrons. The normalized spacial score (nSPS) is 13.3. The number of hydrogen-bond donors (Lipinski definition) is 1. The second-order valence-corrected chi connectivity index (χ2v) is 4.21. The molecule has 0 unspecified atom stereocenters. The minimum Gasteiger partial charge on any atom is -0.496 e. The van der Waals surface area contributed by atoms with Gasteiger partial charge in [0.15, 0.2) is 0 Å². The Balaban J connectivity index is 0.00000441. The fourth-order valence-corrected chi connectivity index (χ4v) is 1.67. The van der Waals surface area contributed by atoms with Crippen LogP contribution in [0, 0.1) is 0 Å². The molecule has 10 heteroatoms. The first-order valence-corrected chi connectivity index (χ1v) is 5.78. The number of alkyl halides is 6. The lowest BCUT2D eigenvalue weighted by Gasteiger charge is -2.18. The minimum absolute atomic E-state index is 0. The monoisotopic (exact) mass is 353 g/mol. The summed E-state index contributed by atoms with van der Waals surface area (Å²) in [7, 11) is 1.24. The van der Waals surface area contributed by atoms with Crippen LogP contribution in [-0.4, -0.2) is 19.6 Å². The number of ether oxygens (including phenoxy) is 2. The molecule has 0 aliphatic carbocycles. The Kier molecular flexibility index (Phi) is 7.30. The fourth-order valence-electron chi connectivity index (χ4n) is 1.67. The molecule has 1 aromatic carbocycles. The summed E-state index contributed by atoms with van der Waals surface area (Å²) < 4.78 is 81.4. The van der Waals surface area contributed by atoms with Crippen molar-refractivity contribution in [3.05, 3.63) is 23.8 Å². The highest BCUT2D eigenvalue weighted by Gasteiger charge is 2.32. The van der Waals surface area contributed by atoms with Gasteiger partial charge in [-0.15, -0.1) is 25.6 Å². The number of hydrogen-bond acceptors (Lipinski definition) is 3. The van der Waals surface area contributed by atoms with Crippen LogP contribution in [0.5, 0.6) is 11.5 Å². The topological polar surface area (TPSA) is 44.5 Å². The first-order valence-electron chi connectivity index (χ1n) is 5.78. The number of benzene rings is 1. The maximum Gasteiger partial charge on any atom is 0.573 e. The molecule has 22 heavy (non-hydrogen) atoms. The van der Waals surface area contributed by atoms with E-state index in [1.807, 2.05) is 0 Å². The summed E-state index contributed by atoms with van der Waals surface area (Å²) in [6.07, 6.45) is -10.9. The third-order valence-corrected chi connectivity index (χ3v) is 2.57. The van der Waals surface area contributed by atoms with E-state index in [1.54, 1.807) is 0 Å². The van der Waals surface area contributed by atoms with E-state index >= 15 is 0 Å². The second kappa shape index (κ2) is 7.77. The van der Waals surface area contributed by atoms with Crippen molar-refractivity contribution in [2.45, 2.75) is 31.4 Å². The molecule has 1 rings (SSSR count). The van der Waals surface area contributed by atoms with Crippen molar-refractivity contribution in [1.29, 1.82) is 0 Å². The van der Waals surface area contributed by atoms with Gasteiger partial charge in [-0.05, 0) is 24.6 Å². The zero-order valence-corrected chi connectivity index (χ0v) is 12.1. The molecule has 2 N–H and O–H groups in total. The molecule has 0 saturated heterocycles. The van der Waals surface area contributed by atoms with Gasteiger partial charge in [-0.25, -0.2) is 0 Å². The van der Waals surface area contributed by atoms with Gasteiger partial charge in [0.1, 0.15) is 11.5 Å². The maximum atomic E-state index is 12.2. The van der Waals surface area contributed by atoms with Gasteiger partial charge in [0.2, 0.25) is 0 Å². The Bertz CT molecular complexity index is 478. The van der Waals surface area contributed by atoms with E-state index in [-0.39, 0.29) is 23.7 Å². The average molecular weight is 354 g/mol. The van der Waals surface area contributed by atoms with Gasteiger partial charge < -0.3 is 15.2 Å². The fraction of sp³-hybridized carbons (Fsp3) is 0.500. The molecule has 0 heterocycles. The van der Waals surface area contributed by atoms with Crippen LogP contribution < -0.4 is 15.2 Å². The first kappa shape index (κ1) is 20.6. The van der Waals surface area contributed by atoms with E-state index in [0.29, 0.717) is 0 Å². The van der Waals surface area contributed by atoms with Gasteiger partial charge in [0, 0.05) is 18.0 Å². The second-order valence-electron chi connectivity index (χ2n) is 4.21. The highest BCUT2D eigenvalue weighted by molar-refractivity contribution is 5.85. The van der Waals surface area contributed by atoms with Crippen LogP contribution in [0.25, 0.3) is 0 Å². The van der Waals surface area contributed by atoms with Crippen molar-refractivity contribution >= 4 is 12.4 Å². The molecular formula is C12H14ClF6NO2. The van der Waals surface area contributed by atoms with Gasteiger partial charge in [-0.1, -0.05) is 0 Å². The molecule has 0 aliphatic heterocycles. The first-order chi connectivity index (χ1) is 9.52. The smallest absolute Gasteiger partial charge is 0.496 e. The third kappa shape index (κ3) is 7.08. The van der Waals surface area contributed by atoms with Crippen LogP contribution in [0.1, 0.15) is 24.4 Å². The molecule has 0 spiro atoms. The molecule has 0 amide bonds. The summed E-state index contributed by atoms with van der Waals surface area (Å²) in [6.45, 7) is 0. The summed E-state index contributed by atoms with van der Waals surface area (Å²) in [5.74, 6) is -0.472. The molecule has 0 bridgehead atoms. The summed E-state index contributed by atoms with van der Waals surface area (Å²) >= 11 is 0. The van der Waals surface area contributed by atoms with Gasteiger partial charge >= 0.3 is 12.5 Å². The Hall–Kier alpha value is -1.35. The Labute approximate surface area is 128 Å². The van der Waals surface area contributed by atoms with Crippen molar-refractivity contribution in [1.82, 2.24) is 0 Å². The zero-order chi connectivity index (χ0) is 16.3. The molecule has 1 atom stereocenters. The van der Waals surface area contributed by atoms with Gasteiger partial charge in [0.25, 0.3) is 0 Å². The van der Waals surface area contributed by atoms with E-state index < -0.39 is 37.2 Å². The molecule has 0 radical (unpaired) electrons. The highest BCUT2D eigenvalue weighted by Crippen LogP contribution is 2.34. The van der Waals surface area contributed by atoms with Crippen molar-refractivity contribution < 1.29 is 35.8 Å². The Morgan fingerprint density at radius 3 is 2.18 bits per heavy atom. The lowest BCUT2D eigenvalue weighted by molar-refractivity contribution is -0.274. The largest absolute Gasteiger partial charge is 0.573 e. The van der Waals surface area contributed by atoms with Gasteiger partial charge in [0.05, 0.1) is 7.11 Å². The van der Waals surface area contributed by atoms with Crippen LogP contribution in [0.3, 0.4) is 0 Å². The standard InChI is InChI=1S/C12H13F6NO2.ClH/c1-20-10-3-2-7(21-12(16,17)18)6-8(10)9(19)4-5-11(13,14)15;/h2-3,6,9H,4-5,19H2,1H3;1H/t9-;/m1./s1. The Morgan fingerprint density at radius 1 is 1.14 bits per heavy atom. The minimum atomic E-state index is -4.90. The van der Waals surface area contributed by atoms with Gasteiger partial charge in [-0.2, -0.15) is 13.2 Å². The number of halogens is 7. The highest BCUT2D eigenvalue weighted by atomic mass is 35.5. The van der Waals surface area contributed by atoms with E-state index in [1.165, 1.54) is 7.11 Å². The predicted molar refractivity (Wildman–Crippen MR) is 69.1 cm³/mol. The molecule has 3 nitrogen and oxygen atoms in total. The van der Waals surface area contributed by atoms with Crippen LogP contribution in [-0.2, 0) is 0 Å². The summed E-state index contributed by atoms with van der Waals surface area (Å²) in [5, 5.41) is 0. The van der Waals surface area contributed by atoms with E-state index in [9.17, 15) is 26.3 Å². The molecule has 0 saturated carbocycles. The Morgan fingerprint density at radius 2 is 1.73 bits per heavy atom. The van der Waals surface area contributed by atoms with Crippen molar-refractivity contribution in [2.24, 2.45) is 5.73 Å². The van der Waals surface area contributed by atoms with E-state index in [2.05, 4.69) is 4.74 Å². The average Bonchev–Trinajstić information content (AvgIpc) is 2.33. The maximum absolute atomic E-state index is 12.2. The summed E-state index contributed by atoms with van der Waals surface area (Å²) in [5.41, 5.74) is 5.61. The van der Waals surface area contributed by atoms with Gasteiger partial charge in [-0.3, -0.25) is 0 Å². The zero-order valence-electron chi connectivity index (χ0n) is 11.3. The van der Waals surface area contributed by atoms with Crippen LogP contribution in [0.2, 0.25) is 0 Å². The lowest BCUT2D eigenvalue weighted by atomic mass is 10.0. The molecule has 0 fully saturated rings. The van der Waals surface area contributed by atoms with Crippen molar-refractivity contribution in [3.8, 4) is 11.5 Å². The molecule has 0 aliphatic rings. The number of rotatable bonds is 5. The number of nitrogens with two attached hydrogens (primary N) is 1. The summed E-state index contributed by atoms with van der Waals surface area (Å²) in [6, 6.07) is 1.95. The quantitative estimate of drug-likeness (QED) is 0.800. The molecule has 1 aromatic rings. The van der Waals surface area contributed by atoms with Crippen LogP contribution in [0.4, 0.5) is 26.3 Å². The predicted octanol–water partition coefficient (Wildman–Crippen LogP) is 4.36. The van der Waals surface area contributed by atoms with Crippen LogP contribution in [0.15, 0.2) is 18.2 Å². The third-order valence-electron chi connectivity index (χ3n) is 2.57. The SMILES string of the molecule is COc1ccc(OC(F)(F)F)cc1[C@H](N)CCC(F)(F)F.Cl. The lowest BCUT2D eigenvalue weighted by Crippen LogP contribution is -2.19. The molecular weight excluding hydrogens is 340 g/mol. The molecule has 0 aromatic heterocycles. The van der Waals surface area contributed by atoms with E-state index in [0.717, 1.165) is 18.2 Å². The van der Waals surface area contributed by atoms with Crippen LogP contribution >= 0.6 is 12.4 Å². The van der Waals surface area contributed by atoms with Crippen molar-refractivity contribution in [2.75, 3.05) is 7.11 Å². The summed E-state index contributed by atoms with van der Waals surface area (Å²) in [4.78, 5) is 0. The van der Waals surface area contributed by atoms with Crippen molar-refractivity contribution in [3.63, 3.8) is 0 Å².